The summed E-state index contributed by atoms with van der Waals surface area (Å²) in [6, 6.07) is 14.4. The number of hydrogen-bond acceptors (Lipinski definition) is 3. The van der Waals surface area contributed by atoms with Crippen molar-refractivity contribution in [1.29, 1.82) is 0 Å². The molecule has 3 nitrogen and oxygen atoms in total. The van der Waals surface area contributed by atoms with Crippen LogP contribution >= 0.6 is 0 Å². The van der Waals surface area contributed by atoms with Crippen LogP contribution in [-0.4, -0.2) is 18.1 Å². The first-order valence-electron chi connectivity index (χ1n) is 8.66. The summed E-state index contributed by atoms with van der Waals surface area (Å²) in [5.74, 6) is 1.21. The van der Waals surface area contributed by atoms with Crippen molar-refractivity contribution in [2.75, 3.05) is 13.2 Å². The van der Waals surface area contributed by atoms with Crippen LogP contribution in [0.15, 0.2) is 48.7 Å². The number of aromatic nitrogens is 1. The molecule has 0 amide bonds. The highest BCUT2D eigenvalue weighted by Gasteiger charge is 2.11. The Balaban J connectivity index is 1.84. The molecule has 0 fully saturated rings. The molecule has 0 spiro atoms. The summed E-state index contributed by atoms with van der Waals surface area (Å²) >= 11 is 0. The third-order valence-corrected chi connectivity index (χ3v) is 4.06. The summed E-state index contributed by atoms with van der Waals surface area (Å²) < 4.78 is 5.79. The van der Waals surface area contributed by atoms with Gasteiger partial charge in [0.25, 0.3) is 0 Å². The molecule has 1 aromatic carbocycles. The van der Waals surface area contributed by atoms with Crippen LogP contribution in [0.4, 0.5) is 0 Å². The minimum Gasteiger partial charge on any atom is -0.494 e. The maximum atomic E-state index is 5.92. The molecule has 0 radical (unpaired) electrons. The van der Waals surface area contributed by atoms with Crippen molar-refractivity contribution in [1.82, 2.24) is 4.98 Å². The molecule has 2 aromatic rings. The average molecular weight is 312 g/mol. The lowest BCUT2D eigenvalue weighted by molar-refractivity contribution is 0.305. The van der Waals surface area contributed by atoms with Crippen LogP contribution in [0.2, 0.25) is 0 Å². The van der Waals surface area contributed by atoms with Gasteiger partial charge in [0.2, 0.25) is 0 Å². The maximum Gasteiger partial charge on any atom is 0.119 e. The first-order valence-corrected chi connectivity index (χ1v) is 8.66. The Morgan fingerprint density at radius 2 is 1.87 bits per heavy atom. The molecule has 1 heterocycles. The maximum absolute atomic E-state index is 5.92. The van der Waals surface area contributed by atoms with Crippen molar-refractivity contribution < 1.29 is 4.74 Å². The van der Waals surface area contributed by atoms with Gasteiger partial charge in [0.1, 0.15) is 5.75 Å². The fourth-order valence-corrected chi connectivity index (χ4v) is 2.65. The summed E-state index contributed by atoms with van der Waals surface area (Å²) in [5.41, 5.74) is 8.25. The van der Waals surface area contributed by atoms with E-state index in [1.807, 2.05) is 24.4 Å². The highest BCUT2D eigenvalue weighted by atomic mass is 16.5. The average Bonchev–Trinajstić information content (AvgIpc) is 2.61. The van der Waals surface area contributed by atoms with Crippen LogP contribution in [0.3, 0.4) is 0 Å². The molecule has 0 aliphatic heterocycles. The van der Waals surface area contributed by atoms with Crippen molar-refractivity contribution >= 4 is 0 Å². The number of unbranched alkanes of at least 4 members (excludes halogenated alkanes) is 3. The molecule has 3 heteroatoms. The molecule has 0 saturated heterocycles. The molecule has 0 bridgehead atoms. The topological polar surface area (TPSA) is 48.1 Å². The summed E-state index contributed by atoms with van der Waals surface area (Å²) in [7, 11) is 0. The van der Waals surface area contributed by atoms with Gasteiger partial charge in [-0.15, -0.1) is 0 Å². The predicted molar refractivity (Wildman–Crippen MR) is 95.8 cm³/mol. The first-order chi connectivity index (χ1) is 11.3. The molecular formula is C20H28N2O. The van der Waals surface area contributed by atoms with Gasteiger partial charge in [0, 0.05) is 24.4 Å². The SMILES string of the molecule is CCCCCCOc1ccc(CC(CN)c2ccccn2)cc1. The Morgan fingerprint density at radius 3 is 2.52 bits per heavy atom. The van der Waals surface area contributed by atoms with E-state index in [1.165, 1.54) is 24.8 Å². The number of rotatable bonds is 10. The van der Waals surface area contributed by atoms with E-state index in [-0.39, 0.29) is 5.92 Å². The monoisotopic (exact) mass is 312 g/mol. The van der Waals surface area contributed by atoms with Gasteiger partial charge in [0.05, 0.1) is 6.61 Å². The lowest BCUT2D eigenvalue weighted by Gasteiger charge is -2.14. The van der Waals surface area contributed by atoms with Crippen LogP contribution in [0, 0.1) is 0 Å². The number of benzene rings is 1. The van der Waals surface area contributed by atoms with E-state index < -0.39 is 0 Å². The minimum absolute atomic E-state index is 0.261. The Morgan fingerprint density at radius 1 is 1.04 bits per heavy atom. The number of hydrogen-bond donors (Lipinski definition) is 1. The smallest absolute Gasteiger partial charge is 0.119 e. The van der Waals surface area contributed by atoms with Gasteiger partial charge >= 0.3 is 0 Å². The van der Waals surface area contributed by atoms with Gasteiger partial charge in [-0.05, 0) is 42.7 Å². The second kappa shape index (κ2) is 10.0. The Bertz CT molecular complexity index is 539. The molecule has 1 atom stereocenters. The molecule has 0 saturated carbocycles. The van der Waals surface area contributed by atoms with E-state index in [4.69, 9.17) is 10.5 Å². The Hall–Kier alpha value is -1.87. The van der Waals surface area contributed by atoms with E-state index >= 15 is 0 Å². The molecule has 1 aromatic heterocycles. The van der Waals surface area contributed by atoms with E-state index in [0.717, 1.165) is 30.9 Å². The van der Waals surface area contributed by atoms with Crippen LogP contribution in [0.1, 0.15) is 49.8 Å². The normalized spacial score (nSPS) is 12.1. The molecule has 0 aliphatic rings. The highest BCUT2D eigenvalue weighted by molar-refractivity contribution is 5.28. The van der Waals surface area contributed by atoms with E-state index in [1.54, 1.807) is 0 Å². The third kappa shape index (κ3) is 6.03. The van der Waals surface area contributed by atoms with Gasteiger partial charge in [-0.1, -0.05) is 44.4 Å². The number of nitrogens with two attached hydrogens (primary N) is 1. The van der Waals surface area contributed by atoms with E-state index in [2.05, 4.69) is 36.2 Å². The third-order valence-electron chi connectivity index (χ3n) is 4.06. The largest absolute Gasteiger partial charge is 0.494 e. The number of nitrogens with zero attached hydrogens (tertiary/aromatic N) is 1. The number of pyridine rings is 1. The quantitative estimate of drug-likeness (QED) is 0.664. The second-order valence-electron chi connectivity index (χ2n) is 5.94. The van der Waals surface area contributed by atoms with Gasteiger partial charge in [-0.3, -0.25) is 4.98 Å². The van der Waals surface area contributed by atoms with Crippen molar-refractivity contribution in [3.63, 3.8) is 0 Å². The highest BCUT2D eigenvalue weighted by Crippen LogP contribution is 2.20. The molecule has 2 rings (SSSR count). The van der Waals surface area contributed by atoms with Crippen LogP contribution < -0.4 is 10.5 Å². The Kier molecular flexibility index (Phi) is 7.61. The van der Waals surface area contributed by atoms with Crippen LogP contribution in [-0.2, 0) is 6.42 Å². The minimum atomic E-state index is 0.261. The van der Waals surface area contributed by atoms with Gasteiger partial charge in [-0.2, -0.15) is 0 Å². The van der Waals surface area contributed by atoms with Gasteiger partial charge < -0.3 is 10.5 Å². The van der Waals surface area contributed by atoms with E-state index in [0.29, 0.717) is 6.54 Å². The molecule has 2 N–H and O–H groups in total. The predicted octanol–water partition coefficient (Wildman–Crippen LogP) is 4.33. The van der Waals surface area contributed by atoms with Crippen molar-refractivity contribution in [3.8, 4) is 5.75 Å². The van der Waals surface area contributed by atoms with Crippen molar-refractivity contribution in [3.05, 3.63) is 59.9 Å². The standard InChI is InChI=1S/C20H28N2O/c1-2-3-4-7-14-23-19-11-9-17(10-12-19)15-18(16-21)20-8-5-6-13-22-20/h5-6,8-13,18H,2-4,7,14-16,21H2,1H3. The van der Waals surface area contributed by atoms with Crippen LogP contribution in [0.25, 0.3) is 0 Å². The summed E-state index contributed by atoms with van der Waals surface area (Å²) in [4.78, 5) is 4.42. The number of ether oxygens (including phenoxy) is 1. The van der Waals surface area contributed by atoms with E-state index in [9.17, 15) is 0 Å². The zero-order valence-corrected chi connectivity index (χ0v) is 14.1. The fraction of sp³-hybridized carbons (Fsp3) is 0.450. The summed E-state index contributed by atoms with van der Waals surface area (Å²) in [5, 5.41) is 0. The van der Waals surface area contributed by atoms with Gasteiger partial charge in [-0.25, -0.2) is 0 Å². The lowest BCUT2D eigenvalue weighted by Crippen LogP contribution is -2.16. The Labute approximate surface area is 139 Å². The second-order valence-corrected chi connectivity index (χ2v) is 5.94. The molecule has 124 valence electrons. The molecule has 1 unspecified atom stereocenters. The fourth-order valence-electron chi connectivity index (χ4n) is 2.65. The van der Waals surface area contributed by atoms with Crippen LogP contribution in [0.5, 0.6) is 5.75 Å². The van der Waals surface area contributed by atoms with Crippen molar-refractivity contribution in [2.45, 2.75) is 44.9 Å². The molecule has 0 aliphatic carbocycles. The van der Waals surface area contributed by atoms with Gasteiger partial charge in [0.15, 0.2) is 0 Å². The zero-order valence-electron chi connectivity index (χ0n) is 14.1. The molecule has 23 heavy (non-hydrogen) atoms. The molecular weight excluding hydrogens is 284 g/mol. The summed E-state index contributed by atoms with van der Waals surface area (Å²) in [6.45, 7) is 3.63. The van der Waals surface area contributed by atoms with Crippen molar-refractivity contribution in [2.24, 2.45) is 5.73 Å². The lowest BCUT2D eigenvalue weighted by atomic mass is 9.96. The zero-order chi connectivity index (χ0) is 16.3. The summed E-state index contributed by atoms with van der Waals surface area (Å²) in [6.07, 6.45) is 7.66. The first kappa shape index (κ1) is 17.5.